The van der Waals surface area contributed by atoms with Crippen molar-refractivity contribution in [3.8, 4) is 6.07 Å². The lowest BCUT2D eigenvalue weighted by molar-refractivity contribution is 0.266. The molecule has 3 heteroatoms. The summed E-state index contributed by atoms with van der Waals surface area (Å²) < 4.78 is 0. The third kappa shape index (κ3) is 6.94. The van der Waals surface area contributed by atoms with Crippen molar-refractivity contribution in [3.63, 3.8) is 0 Å². The minimum absolute atomic E-state index is 0.00897. The molecule has 1 rings (SSSR count). The Morgan fingerprint density at radius 2 is 2.11 bits per heavy atom. The number of likely N-dealkylation sites (tertiary alicyclic amines) is 1. The Kier molecular flexibility index (Phi) is 8.09. The van der Waals surface area contributed by atoms with Gasteiger partial charge in [0.05, 0.1) is 12.1 Å². The number of nitrogens with zero attached hydrogens (tertiary/aromatic N) is 2. The molecule has 0 saturated carbocycles. The fraction of sp³-hybridized carbons (Fsp3) is 0.938. The largest absolute Gasteiger partial charge is 0.303 e. The monoisotopic (exact) mass is 265 g/mol. The quantitative estimate of drug-likeness (QED) is 0.768. The topological polar surface area (TPSA) is 39.1 Å². The maximum atomic E-state index is 9.14. The zero-order valence-electron chi connectivity index (χ0n) is 13.0. The molecule has 0 aromatic rings. The third-order valence-electron chi connectivity index (χ3n) is 4.06. The van der Waals surface area contributed by atoms with Crippen LogP contribution in [0.3, 0.4) is 0 Å². The van der Waals surface area contributed by atoms with Gasteiger partial charge in [0, 0.05) is 12.6 Å². The normalized spacial score (nSPS) is 23.0. The molecule has 1 fully saturated rings. The van der Waals surface area contributed by atoms with Crippen molar-refractivity contribution in [1.82, 2.24) is 10.2 Å². The van der Waals surface area contributed by atoms with Crippen LogP contribution in [0, 0.1) is 17.2 Å². The average Bonchev–Trinajstić information content (AvgIpc) is 2.60. The highest BCUT2D eigenvalue weighted by molar-refractivity contribution is 4.91. The molecule has 1 N–H and O–H groups in total. The lowest BCUT2D eigenvalue weighted by Gasteiger charge is -2.22. The highest BCUT2D eigenvalue weighted by Gasteiger charge is 2.17. The second-order valence-electron chi connectivity index (χ2n) is 6.22. The highest BCUT2D eigenvalue weighted by Crippen LogP contribution is 2.21. The second-order valence-corrected chi connectivity index (χ2v) is 6.22. The summed E-state index contributed by atoms with van der Waals surface area (Å²) in [6, 6.07) is 2.78. The van der Waals surface area contributed by atoms with Crippen LogP contribution in [0.2, 0.25) is 0 Å². The van der Waals surface area contributed by atoms with E-state index in [0.29, 0.717) is 6.04 Å². The van der Waals surface area contributed by atoms with Crippen molar-refractivity contribution in [2.75, 3.05) is 19.6 Å². The lowest BCUT2D eigenvalue weighted by atomic mass is 9.96. The standard InChI is InChI=1S/C16H31N3/c1-4-6-15-7-5-10-19(11-8-15)12-9-16(13-17)18-14(2)3/h14-16,18H,4-12H2,1-3H3. The van der Waals surface area contributed by atoms with Gasteiger partial charge < -0.3 is 4.90 Å². The lowest BCUT2D eigenvalue weighted by Crippen LogP contribution is -2.37. The van der Waals surface area contributed by atoms with Crippen LogP contribution in [0.25, 0.3) is 0 Å². The van der Waals surface area contributed by atoms with Gasteiger partial charge in [0.2, 0.25) is 0 Å². The van der Waals surface area contributed by atoms with Gasteiger partial charge in [0.15, 0.2) is 0 Å². The first-order valence-corrected chi connectivity index (χ1v) is 8.03. The van der Waals surface area contributed by atoms with Crippen LogP contribution in [0.1, 0.15) is 59.3 Å². The maximum Gasteiger partial charge on any atom is 0.0967 e. The van der Waals surface area contributed by atoms with Crippen molar-refractivity contribution in [1.29, 1.82) is 5.26 Å². The number of nitrogens with one attached hydrogen (secondary N) is 1. The summed E-state index contributed by atoms with van der Waals surface area (Å²) in [6.45, 7) is 10.0. The number of rotatable bonds is 7. The SMILES string of the molecule is CCCC1CCCN(CCC(C#N)NC(C)C)CC1. The van der Waals surface area contributed by atoms with E-state index >= 15 is 0 Å². The fourth-order valence-corrected chi connectivity index (χ4v) is 3.04. The van der Waals surface area contributed by atoms with Gasteiger partial charge in [-0.25, -0.2) is 0 Å². The van der Waals surface area contributed by atoms with E-state index < -0.39 is 0 Å². The third-order valence-corrected chi connectivity index (χ3v) is 4.06. The van der Waals surface area contributed by atoms with Gasteiger partial charge >= 0.3 is 0 Å². The van der Waals surface area contributed by atoms with E-state index in [-0.39, 0.29) is 6.04 Å². The van der Waals surface area contributed by atoms with E-state index in [1.165, 1.54) is 45.2 Å². The van der Waals surface area contributed by atoms with Gasteiger partial charge in [-0.1, -0.05) is 19.8 Å². The maximum absolute atomic E-state index is 9.14. The average molecular weight is 265 g/mol. The predicted octanol–water partition coefficient (Wildman–Crippen LogP) is 3.17. The predicted molar refractivity (Wildman–Crippen MR) is 81.0 cm³/mol. The molecule has 2 atom stereocenters. The zero-order chi connectivity index (χ0) is 14.1. The van der Waals surface area contributed by atoms with Gasteiger partial charge in [-0.15, -0.1) is 0 Å². The molecule has 1 heterocycles. The Balaban J connectivity index is 2.27. The molecule has 19 heavy (non-hydrogen) atoms. The molecule has 1 aliphatic rings. The van der Waals surface area contributed by atoms with Crippen molar-refractivity contribution < 1.29 is 0 Å². The molecule has 0 spiro atoms. The van der Waals surface area contributed by atoms with Crippen LogP contribution in [-0.2, 0) is 0 Å². The first-order valence-electron chi connectivity index (χ1n) is 8.03. The molecule has 2 unspecified atom stereocenters. The summed E-state index contributed by atoms with van der Waals surface area (Å²) in [6.07, 6.45) is 7.74. The van der Waals surface area contributed by atoms with E-state index in [1.807, 2.05) is 0 Å². The van der Waals surface area contributed by atoms with Crippen LogP contribution in [0.4, 0.5) is 0 Å². The summed E-state index contributed by atoms with van der Waals surface area (Å²) in [4.78, 5) is 2.56. The van der Waals surface area contributed by atoms with Crippen molar-refractivity contribution in [2.45, 2.75) is 71.4 Å². The van der Waals surface area contributed by atoms with E-state index in [4.69, 9.17) is 5.26 Å². The fourth-order valence-electron chi connectivity index (χ4n) is 3.04. The molecule has 0 aromatic heterocycles. The Bertz CT molecular complexity index is 270. The van der Waals surface area contributed by atoms with Gasteiger partial charge in [0.25, 0.3) is 0 Å². The summed E-state index contributed by atoms with van der Waals surface area (Å²) in [5, 5.41) is 12.5. The van der Waals surface area contributed by atoms with Crippen molar-refractivity contribution in [2.24, 2.45) is 5.92 Å². The highest BCUT2D eigenvalue weighted by atomic mass is 15.1. The minimum atomic E-state index is 0.00897. The molecule has 0 bridgehead atoms. The van der Waals surface area contributed by atoms with Crippen LogP contribution >= 0.6 is 0 Å². The van der Waals surface area contributed by atoms with Gasteiger partial charge in [-0.05, 0) is 58.5 Å². The van der Waals surface area contributed by atoms with Crippen LogP contribution in [0.15, 0.2) is 0 Å². The zero-order valence-corrected chi connectivity index (χ0v) is 13.0. The minimum Gasteiger partial charge on any atom is -0.303 e. The van der Waals surface area contributed by atoms with Crippen molar-refractivity contribution in [3.05, 3.63) is 0 Å². The molecule has 1 aliphatic heterocycles. The van der Waals surface area contributed by atoms with Gasteiger partial charge in [0.1, 0.15) is 0 Å². The molecule has 1 saturated heterocycles. The second kappa shape index (κ2) is 9.34. The summed E-state index contributed by atoms with van der Waals surface area (Å²) in [7, 11) is 0. The Morgan fingerprint density at radius 1 is 1.32 bits per heavy atom. The Morgan fingerprint density at radius 3 is 2.74 bits per heavy atom. The van der Waals surface area contributed by atoms with Crippen LogP contribution in [-0.4, -0.2) is 36.6 Å². The van der Waals surface area contributed by atoms with Gasteiger partial charge in [-0.3, -0.25) is 5.32 Å². The molecule has 0 amide bonds. The van der Waals surface area contributed by atoms with E-state index in [0.717, 1.165) is 18.9 Å². The smallest absolute Gasteiger partial charge is 0.0967 e. The number of nitriles is 1. The Hall–Kier alpha value is -0.590. The van der Waals surface area contributed by atoms with Crippen LogP contribution in [0.5, 0.6) is 0 Å². The molecular weight excluding hydrogens is 234 g/mol. The molecule has 110 valence electrons. The number of hydrogen-bond acceptors (Lipinski definition) is 3. The summed E-state index contributed by atoms with van der Waals surface area (Å²) >= 11 is 0. The number of hydrogen-bond donors (Lipinski definition) is 1. The first kappa shape index (κ1) is 16.5. The summed E-state index contributed by atoms with van der Waals surface area (Å²) in [5.41, 5.74) is 0. The molecular formula is C16H31N3. The first-order chi connectivity index (χ1) is 9.15. The van der Waals surface area contributed by atoms with Crippen LogP contribution < -0.4 is 5.32 Å². The summed E-state index contributed by atoms with van der Waals surface area (Å²) in [5.74, 6) is 0.940. The molecule has 3 nitrogen and oxygen atoms in total. The van der Waals surface area contributed by atoms with Gasteiger partial charge in [-0.2, -0.15) is 5.26 Å². The van der Waals surface area contributed by atoms with Crippen molar-refractivity contribution >= 4 is 0 Å². The molecule has 0 aromatic carbocycles. The molecule has 0 radical (unpaired) electrons. The van der Waals surface area contributed by atoms with E-state index in [1.54, 1.807) is 0 Å². The Labute approximate surface area is 119 Å². The molecule has 0 aliphatic carbocycles. The van der Waals surface area contributed by atoms with E-state index in [2.05, 4.69) is 37.1 Å². The van der Waals surface area contributed by atoms with E-state index in [9.17, 15) is 0 Å².